The zero-order valence-electron chi connectivity index (χ0n) is 7.46. The second-order valence-electron chi connectivity index (χ2n) is 2.77. The lowest BCUT2D eigenvalue weighted by Gasteiger charge is -2.00. The molecular formula is C8H10N6. The fraction of sp³-hybridized carbons (Fsp3) is 0.125. The summed E-state index contributed by atoms with van der Waals surface area (Å²) >= 11 is 0. The molecule has 0 saturated carbocycles. The van der Waals surface area contributed by atoms with E-state index in [-0.39, 0.29) is 0 Å². The number of rotatable bonds is 2. The summed E-state index contributed by atoms with van der Waals surface area (Å²) in [5, 5.41) is 3.99. The summed E-state index contributed by atoms with van der Waals surface area (Å²) in [4.78, 5) is 8.23. The van der Waals surface area contributed by atoms with Crippen molar-refractivity contribution in [1.82, 2.24) is 19.7 Å². The van der Waals surface area contributed by atoms with E-state index in [1.807, 2.05) is 0 Å². The van der Waals surface area contributed by atoms with Gasteiger partial charge in [0, 0.05) is 12.7 Å². The first-order valence-electron chi connectivity index (χ1n) is 4.12. The molecule has 0 aromatic carbocycles. The topological polar surface area (TPSA) is 95.6 Å². The van der Waals surface area contributed by atoms with E-state index in [4.69, 9.17) is 11.5 Å². The highest BCUT2D eigenvalue weighted by molar-refractivity contribution is 5.33. The van der Waals surface area contributed by atoms with Crippen molar-refractivity contribution in [2.75, 3.05) is 5.73 Å². The largest absolute Gasteiger partial charge is 0.396 e. The highest BCUT2D eigenvalue weighted by Crippen LogP contribution is 2.04. The maximum Gasteiger partial charge on any atom is 0.250 e. The molecule has 0 aliphatic heterocycles. The maximum atomic E-state index is 5.52. The van der Waals surface area contributed by atoms with Crippen LogP contribution in [0.3, 0.4) is 0 Å². The Labute approximate surface area is 80.6 Å². The molecule has 0 aliphatic carbocycles. The van der Waals surface area contributed by atoms with Crippen LogP contribution in [-0.4, -0.2) is 19.7 Å². The number of aromatic nitrogens is 4. The molecule has 2 aromatic heterocycles. The van der Waals surface area contributed by atoms with Gasteiger partial charge >= 0.3 is 0 Å². The predicted molar refractivity (Wildman–Crippen MR) is 51.5 cm³/mol. The van der Waals surface area contributed by atoms with Crippen molar-refractivity contribution >= 4 is 5.69 Å². The zero-order valence-corrected chi connectivity index (χ0v) is 7.46. The maximum absolute atomic E-state index is 5.52. The van der Waals surface area contributed by atoms with E-state index < -0.39 is 0 Å². The Morgan fingerprint density at radius 3 is 2.93 bits per heavy atom. The van der Waals surface area contributed by atoms with Gasteiger partial charge in [0.2, 0.25) is 0 Å². The van der Waals surface area contributed by atoms with Gasteiger partial charge in [-0.3, -0.25) is 0 Å². The van der Waals surface area contributed by atoms with Crippen LogP contribution in [0.15, 0.2) is 24.7 Å². The normalized spacial score (nSPS) is 10.4. The van der Waals surface area contributed by atoms with Crippen LogP contribution in [0.25, 0.3) is 5.95 Å². The minimum absolute atomic E-state index is 0.381. The van der Waals surface area contributed by atoms with Crippen molar-refractivity contribution in [1.29, 1.82) is 0 Å². The number of hydrogen-bond acceptors (Lipinski definition) is 5. The van der Waals surface area contributed by atoms with Crippen molar-refractivity contribution in [2.24, 2.45) is 5.73 Å². The van der Waals surface area contributed by atoms with E-state index in [1.165, 1.54) is 4.68 Å². The standard InChI is InChI=1S/C8H10N6/c9-3-7-1-2-11-8(13-7)14-5-6(10)4-12-14/h1-2,4-5H,3,9-10H2. The van der Waals surface area contributed by atoms with E-state index in [2.05, 4.69) is 15.1 Å². The van der Waals surface area contributed by atoms with Gasteiger partial charge in [-0.05, 0) is 6.07 Å². The molecule has 4 N–H and O–H groups in total. The lowest BCUT2D eigenvalue weighted by Crippen LogP contribution is -2.06. The first-order valence-corrected chi connectivity index (χ1v) is 4.12. The Bertz CT molecular complexity index is 435. The molecule has 0 amide bonds. The molecule has 0 bridgehead atoms. The summed E-state index contributed by atoms with van der Waals surface area (Å²) in [6.45, 7) is 0.381. The van der Waals surface area contributed by atoms with E-state index in [0.717, 1.165) is 5.69 Å². The summed E-state index contributed by atoms with van der Waals surface area (Å²) in [6.07, 6.45) is 4.83. The lowest BCUT2D eigenvalue weighted by molar-refractivity contribution is 0.790. The SMILES string of the molecule is NCc1ccnc(-n2cc(N)cn2)n1. The molecule has 0 fully saturated rings. The molecule has 0 atom stereocenters. The fourth-order valence-corrected chi connectivity index (χ4v) is 1.05. The number of nitrogens with zero attached hydrogens (tertiary/aromatic N) is 4. The van der Waals surface area contributed by atoms with Gasteiger partial charge < -0.3 is 11.5 Å². The van der Waals surface area contributed by atoms with Gasteiger partial charge in [-0.2, -0.15) is 5.10 Å². The first kappa shape index (κ1) is 8.64. The Balaban J connectivity index is 2.41. The van der Waals surface area contributed by atoms with Crippen molar-refractivity contribution in [3.63, 3.8) is 0 Å². The lowest BCUT2D eigenvalue weighted by atomic mass is 10.4. The molecule has 0 radical (unpaired) electrons. The van der Waals surface area contributed by atoms with Crippen LogP contribution < -0.4 is 11.5 Å². The molecular weight excluding hydrogens is 180 g/mol. The smallest absolute Gasteiger partial charge is 0.250 e. The van der Waals surface area contributed by atoms with Crippen LogP contribution in [0, 0.1) is 0 Å². The third-order valence-corrected chi connectivity index (χ3v) is 1.72. The highest BCUT2D eigenvalue weighted by atomic mass is 15.3. The molecule has 14 heavy (non-hydrogen) atoms. The first-order chi connectivity index (χ1) is 6.79. The van der Waals surface area contributed by atoms with Gasteiger partial charge in [0.1, 0.15) is 0 Å². The predicted octanol–water partition coefficient (Wildman–Crippen LogP) is -0.297. The quantitative estimate of drug-likeness (QED) is 0.678. The molecule has 2 rings (SSSR count). The van der Waals surface area contributed by atoms with Crippen LogP contribution in [0.5, 0.6) is 0 Å². The molecule has 0 spiro atoms. The third kappa shape index (κ3) is 1.55. The van der Waals surface area contributed by atoms with Crippen LogP contribution in [0.4, 0.5) is 5.69 Å². The minimum Gasteiger partial charge on any atom is -0.396 e. The van der Waals surface area contributed by atoms with E-state index in [0.29, 0.717) is 18.2 Å². The van der Waals surface area contributed by atoms with Gasteiger partial charge in [-0.15, -0.1) is 0 Å². The van der Waals surface area contributed by atoms with Crippen molar-refractivity contribution in [2.45, 2.75) is 6.54 Å². The average Bonchev–Trinajstić information content (AvgIpc) is 2.65. The Hall–Kier alpha value is -1.95. The van der Waals surface area contributed by atoms with E-state index in [9.17, 15) is 0 Å². The molecule has 2 aromatic rings. The van der Waals surface area contributed by atoms with Gasteiger partial charge in [0.25, 0.3) is 5.95 Å². The van der Waals surface area contributed by atoms with Crippen LogP contribution in [0.1, 0.15) is 5.69 Å². The van der Waals surface area contributed by atoms with Gasteiger partial charge in [0.15, 0.2) is 0 Å². The van der Waals surface area contributed by atoms with Crippen LogP contribution in [0.2, 0.25) is 0 Å². The highest BCUT2D eigenvalue weighted by Gasteiger charge is 2.01. The van der Waals surface area contributed by atoms with Crippen molar-refractivity contribution < 1.29 is 0 Å². The fourth-order valence-electron chi connectivity index (χ4n) is 1.05. The van der Waals surface area contributed by atoms with E-state index in [1.54, 1.807) is 24.7 Å². The Kier molecular flexibility index (Phi) is 2.11. The molecule has 2 heterocycles. The number of hydrogen-bond donors (Lipinski definition) is 2. The number of nitrogen functional groups attached to an aromatic ring is 1. The second-order valence-corrected chi connectivity index (χ2v) is 2.77. The van der Waals surface area contributed by atoms with Gasteiger partial charge in [-0.1, -0.05) is 0 Å². The van der Waals surface area contributed by atoms with Crippen molar-refractivity contribution in [3.05, 3.63) is 30.4 Å². The van der Waals surface area contributed by atoms with Crippen LogP contribution >= 0.6 is 0 Å². The molecule has 6 heteroatoms. The van der Waals surface area contributed by atoms with Crippen LogP contribution in [-0.2, 0) is 6.54 Å². The summed E-state index contributed by atoms with van der Waals surface area (Å²) in [7, 11) is 0. The monoisotopic (exact) mass is 190 g/mol. The molecule has 6 nitrogen and oxygen atoms in total. The van der Waals surface area contributed by atoms with E-state index >= 15 is 0 Å². The van der Waals surface area contributed by atoms with Gasteiger partial charge in [-0.25, -0.2) is 14.6 Å². The zero-order chi connectivity index (χ0) is 9.97. The number of anilines is 1. The summed E-state index contributed by atoms with van der Waals surface area (Å²) in [6, 6.07) is 1.76. The summed E-state index contributed by atoms with van der Waals surface area (Å²) < 4.78 is 1.51. The van der Waals surface area contributed by atoms with Gasteiger partial charge in [0.05, 0.1) is 23.8 Å². The molecule has 0 unspecified atom stereocenters. The third-order valence-electron chi connectivity index (χ3n) is 1.72. The Morgan fingerprint density at radius 1 is 1.43 bits per heavy atom. The van der Waals surface area contributed by atoms with Crippen molar-refractivity contribution in [3.8, 4) is 5.95 Å². The minimum atomic E-state index is 0.381. The number of nitrogens with two attached hydrogens (primary N) is 2. The second kappa shape index (κ2) is 3.43. The summed E-state index contributed by atoms with van der Waals surface area (Å²) in [5.74, 6) is 0.477. The molecule has 0 aliphatic rings. The Morgan fingerprint density at radius 2 is 2.29 bits per heavy atom. The molecule has 0 saturated heterocycles. The average molecular weight is 190 g/mol. The summed E-state index contributed by atoms with van der Waals surface area (Å²) in [5.41, 5.74) is 12.3. The molecule has 72 valence electrons.